The van der Waals surface area contributed by atoms with Crippen LogP contribution in [0.2, 0.25) is 0 Å². The molecule has 0 spiro atoms. The summed E-state index contributed by atoms with van der Waals surface area (Å²) < 4.78 is 10.6. The fourth-order valence-electron chi connectivity index (χ4n) is 2.29. The second-order valence-corrected chi connectivity index (χ2v) is 4.63. The van der Waals surface area contributed by atoms with Gasteiger partial charge in [0.25, 0.3) is 0 Å². The lowest BCUT2D eigenvalue weighted by atomic mass is 9.88. The summed E-state index contributed by atoms with van der Waals surface area (Å²) in [5, 5.41) is 9.80. The van der Waals surface area contributed by atoms with E-state index in [2.05, 4.69) is 0 Å². The number of phenolic OH excluding ortho intramolecular Hbond substituents is 1. The summed E-state index contributed by atoms with van der Waals surface area (Å²) in [5.74, 6) is -0.599. The average Bonchev–Trinajstić information content (AvgIpc) is 2.89. The number of fused-ring (bicyclic) bond motifs is 2. The molecule has 1 aromatic carbocycles. The molecule has 1 unspecified atom stereocenters. The van der Waals surface area contributed by atoms with Crippen LogP contribution in [0.4, 0.5) is 0 Å². The minimum absolute atomic E-state index is 0.00648. The normalized spacial score (nSPS) is 14.9. The fraction of sp³-hybridized carbons (Fsp3) is 0.200. The van der Waals surface area contributed by atoms with E-state index in [4.69, 9.17) is 9.15 Å². The van der Waals surface area contributed by atoms with Crippen molar-refractivity contribution in [1.29, 1.82) is 0 Å². The Labute approximate surface area is 114 Å². The van der Waals surface area contributed by atoms with Crippen molar-refractivity contribution >= 4 is 11.6 Å². The number of ether oxygens (including phenoxy) is 1. The van der Waals surface area contributed by atoms with Crippen molar-refractivity contribution < 1.29 is 23.8 Å². The highest BCUT2D eigenvalue weighted by Gasteiger charge is 2.36. The van der Waals surface area contributed by atoms with Crippen molar-refractivity contribution in [2.24, 2.45) is 0 Å². The maximum Gasteiger partial charge on any atom is 0.229 e. The minimum atomic E-state index is -0.411. The molecular weight excluding hydrogens is 260 g/mol. The summed E-state index contributed by atoms with van der Waals surface area (Å²) in [6.07, 6.45) is -0.363. The van der Waals surface area contributed by atoms with E-state index in [1.54, 1.807) is 6.92 Å². The number of phenols is 1. The van der Waals surface area contributed by atoms with Crippen LogP contribution in [0.15, 0.2) is 28.7 Å². The number of aromatic hydroxyl groups is 1. The quantitative estimate of drug-likeness (QED) is 0.775. The zero-order valence-corrected chi connectivity index (χ0v) is 11.0. The summed E-state index contributed by atoms with van der Waals surface area (Å²) in [5.41, 5.74) is 0.360. The molecule has 1 heterocycles. The van der Waals surface area contributed by atoms with Gasteiger partial charge in [0.15, 0.2) is 5.76 Å². The van der Waals surface area contributed by atoms with E-state index in [-0.39, 0.29) is 34.3 Å². The third-order valence-electron chi connectivity index (χ3n) is 3.47. The fourth-order valence-corrected chi connectivity index (χ4v) is 2.29. The number of hydrogen-bond donors (Lipinski definition) is 1. The van der Waals surface area contributed by atoms with Gasteiger partial charge in [0.2, 0.25) is 11.6 Å². The third-order valence-corrected chi connectivity index (χ3v) is 3.47. The molecule has 0 amide bonds. The Morgan fingerprint density at radius 2 is 1.95 bits per heavy atom. The molecule has 0 bridgehead atoms. The van der Waals surface area contributed by atoms with E-state index in [1.165, 1.54) is 31.4 Å². The molecule has 0 saturated heterocycles. The molecular formula is C15H12O5. The van der Waals surface area contributed by atoms with Crippen LogP contribution in [-0.2, 0) is 4.74 Å². The van der Waals surface area contributed by atoms with Gasteiger partial charge in [-0.3, -0.25) is 9.59 Å². The van der Waals surface area contributed by atoms with Crippen LogP contribution in [0, 0.1) is 0 Å². The molecule has 1 aliphatic carbocycles. The molecule has 5 nitrogen and oxygen atoms in total. The van der Waals surface area contributed by atoms with E-state index < -0.39 is 11.6 Å². The predicted molar refractivity (Wildman–Crippen MR) is 69.1 cm³/mol. The van der Waals surface area contributed by atoms with Crippen LogP contribution in [0.25, 0.3) is 0 Å². The largest absolute Gasteiger partial charge is 0.507 e. The predicted octanol–water partition coefficient (Wildman–Crippen LogP) is 2.47. The van der Waals surface area contributed by atoms with Gasteiger partial charge in [0, 0.05) is 12.7 Å². The summed E-state index contributed by atoms with van der Waals surface area (Å²) in [6, 6.07) is 5.90. The molecule has 1 N–H and O–H groups in total. The number of furan rings is 1. The van der Waals surface area contributed by atoms with E-state index in [9.17, 15) is 14.7 Å². The molecule has 1 aromatic heterocycles. The molecule has 102 valence electrons. The molecule has 20 heavy (non-hydrogen) atoms. The molecule has 0 saturated carbocycles. The lowest BCUT2D eigenvalue weighted by Gasteiger charge is -2.13. The molecule has 3 rings (SSSR count). The summed E-state index contributed by atoms with van der Waals surface area (Å²) in [4.78, 5) is 24.7. The molecule has 2 aromatic rings. The van der Waals surface area contributed by atoms with Crippen molar-refractivity contribution in [1.82, 2.24) is 0 Å². The standard InChI is InChI=1S/C15H12O5/c1-7(19-2)11-6-9-13(17)12-8(4-3-5-10(12)16)14(18)15(9)20-11/h3-7,16H,1-2H3. The van der Waals surface area contributed by atoms with E-state index in [0.717, 1.165) is 0 Å². The molecule has 1 aliphatic rings. The summed E-state index contributed by atoms with van der Waals surface area (Å²) >= 11 is 0. The van der Waals surface area contributed by atoms with Crippen LogP contribution in [0.5, 0.6) is 5.75 Å². The van der Waals surface area contributed by atoms with Crippen LogP contribution in [0.1, 0.15) is 50.8 Å². The van der Waals surface area contributed by atoms with Crippen molar-refractivity contribution in [3.05, 3.63) is 52.5 Å². The first-order valence-corrected chi connectivity index (χ1v) is 6.12. The van der Waals surface area contributed by atoms with Crippen LogP contribution < -0.4 is 0 Å². The minimum Gasteiger partial charge on any atom is -0.507 e. The monoisotopic (exact) mass is 272 g/mol. The maximum absolute atomic E-state index is 12.4. The first-order valence-electron chi connectivity index (χ1n) is 6.12. The highest BCUT2D eigenvalue weighted by Crippen LogP contribution is 2.35. The maximum atomic E-state index is 12.4. The van der Waals surface area contributed by atoms with Gasteiger partial charge in [-0.05, 0) is 25.1 Å². The van der Waals surface area contributed by atoms with Crippen LogP contribution in [-0.4, -0.2) is 23.8 Å². The van der Waals surface area contributed by atoms with Crippen molar-refractivity contribution in [2.45, 2.75) is 13.0 Å². The van der Waals surface area contributed by atoms with Crippen molar-refractivity contribution in [2.75, 3.05) is 7.11 Å². The first-order chi connectivity index (χ1) is 9.54. The highest BCUT2D eigenvalue weighted by atomic mass is 16.5. The third kappa shape index (κ3) is 1.60. The van der Waals surface area contributed by atoms with Crippen LogP contribution >= 0.6 is 0 Å². The molecule has 5 heteroatoms. The first kappa shape index (κ1) is 12.6. The molecule has 0 aliphatic heterocycles. The smallest absolute Gasteiger partial charge is 0.229 e. The second kappa shape index (κ2) is 4.31. The van der Waals surface area contributed by atoms with Gasteiger partial charge >= 0.3 is 0 Å². The van der Waals surface area contributed by atoms with Gasteiger partial charge in [-0.15, -0.1) is 0 Å². The van der Waals surface area contributed by atoms with E-state index >= 15 is 0 Å². The number of hydrogen-bond acceptors (Lipinski definition) is 5. The summed E-state index contributed by atoms with van der Waals surface area (Å²) in [7, 11) is 1.51. The number of rotatable bonds is 2. The zero-order chi connectivity index (χ0) is 14.4. The molecule has 0 fully saturated rings. The van der Waals surface area contributed by atoms with Gasteiger partial charge < -0.3 is 14.3 Å². The van der Waals surface area contributed by atoms with Gasteiger partial charge in [-0.2, -0.15) is 0 Å². The molecule has 0 radical (unpaired) electrons. The zero-order valence-electron chi connectivity index (χ0n) is 11.0. The number of carbonyl (C=O) groups excluding carboxylic acids is 2. The second-order valence-electron chi connectivity index (χ2n) is 4.63. The van der Waals surface area contributed by atoms with Crippen molar-refractivity contribution in [3.63, 3.8) is 0 Å². The Kier molecular flexibility index (Phi) is 2.72. The Hall–Kier alpha value is -2.40. The van der Waals surface area contributed by atoms with Gasteiger partial charge in [-0.25, -0.2) is 0 Å². The number of benzene rings is 1. The highest BCUT2D eigenvalue weighted by molar-refractivity contribution is 6.28. The van der Waals surface area contributed by atoms with Gasteiger partial charge in [0.1, 0.15) is 17.6 Å². The summed E-state index contributed by atoms with van der Waals surface area (Å²) in [6.45, 7) is 1.75. The lowest BCUT2D eigenvalue weighted by molar-refractivity contribution is 0.0906. The molecule has 1 atom stereocenters. The Balaban J connectivity index is 2.21. The SMILES string of the molecule is COC(C)c1cc2c(o1)C(=O)c1cccc(O)c1C2=O. The Bertz CT molecular complexity index is 726. The van der Waals surface area contributed by atoms with Crippen LogP contribution in [0.3, 0.4) is 0 Å². The number of methoxy groups -OCH3 is 1. The number of ketones is 2. The number of carbonyl (C=O) groups is 2. The van der Waals surface area contributed by atoms with E-state index in [1.807, 2.05) is 0 Å². The van der Waals surface area contributed by atoms with Gasteiger partial charge in [0.05, 0.1) is 11.1 Å². The Morgan fingerprint density at radius 1 is 1.20 bits per heavy atom. The lowest BCUT2D eigenvalue weighted by Crippen LogP contribution is -2.19. The topological polar surface area (TPSA) is 76.7 Å². The Morgan fingerprint density at radius 3 is 2.65 bits per heavy atom. The van der Waals surface area contributed by atoms with E-state index in [0.29, 0.717) is 5.76 Å². The average molecular weight is 272 g/mol. The van der Waals surface area contributed by atoms with Crippen molar-refractivity contribution in [3.8, 4) is 5.75 Å². The van der Waals surface area contributed by atoms with Gasteiger partial charge in [-0.1, -0.05) is 6.07 Å².